The number of primary amides is 1. The number of carbonyl (C=O) groups is 1. The summed E-state index contributed by atoms with van der Waals surface area (Å²) in [7, 11) is 0. The van der Waals surface area contributed by atoms with Crippen LogP contribution in [0.3, 0.4) is 0 Å². The third-order valence-electron chi connectivity index (χ3n) is 4.43. The van der Waals surface area contributed by atoms with Crippen LogP contribution < -0.4 is 5.73 Å². The molecule has 2 N–H and O–H groups in total. The zero-order valence-corrected chi connectivity index (χ0v) is 16.7. The highest BCUT2D eigenvalue weighted by Crippen LogP contribution is 2.33. The van der Waals surface area contributed by atoms with Crippen LogP contribution in [0.2, 0.25) is 0 Å². The van der Waals surface area contributed by atoms with E-state index in [9.17, 15) is 18.0 Å². The standard InChI is InChI=1S/C21H15F3N4O2S/c22-21(23,24)15-3-1-2-14(9-15)20-26-16(11-31-20)10-18-27-17(28-30-18)8-12-4-6-13(7-5-12)19(25)29/h1-7,9,11H,8,10H2,(H2,25,29). The molecule has 0 aliphatic carbocycles. The van der Waals surface area contributed by atoms with Gasteiger partial charge in [0.05, 0.1) is 17.7 Å². The minimum Gasteiger partial charge on any atom is -0.366 e. The van der Waals surface area contributed by atoms with Crippen molar-refractivity contribution in [3.63, 3.8) is 0 Å². The quantitative estimate of drug-likeness (QED) is 0.473. The molecule has 0 radical (unpaired) electrons. The van der Waals surface area contributed by atoms with Gasteiger partial charge in [-0.05, 0) is 29.8 Å². The number of halogens is 3. The second-order valence-corrected chi connectivity index (χ2v) is 7.60. The second kappa shape index (κ2) is 8.31. The molecule has 31 heavy (non-hydrogen) atoms. The van der Waals surface area contributed by atoms with Crippen molar-refractivity contribution in [3.05, 3.63) is 88.0 Å². The molecule has 10 heteroatoms. The molecule has 0 saturated heterocycles. The maximum atomic E-state index is 12.9. The molecule has 1 amide bonds. The number of alkyl halides is 3. The minimum atomic E-state index is -4.41. The van der Waals surface area contributed by atoms with Crippen molar-refractivity contribution >= 4 is 17.2 Å². The zero-order valence-electron chi connectivity index (χ0n) is 15.9. The first-order valence-corrected chi connectivity index (χ1v) is 9.98. The molecule has 0 fully saturated rings. The van der Waals surface area contributed by atoms with E-state index in [0.717, 1.165) is 17.7 Å². The Kier molecular flexibility index (Phi) is 5.55. The Hall–Kier alpha value is -3.53. The molecule has 4 rings (SSSR count). The molecule has 0 unspecified atom stereocenters. The van der Waals surface area contributed by atoms with Gasteiger partial charge in [-0.15, -0.1) is 11.3 Å². The number of benzene rings is 2. The van der Waals surface area contributed by atoms with Crippen molar-refractivity contribution in [2.24, 2.45) is 5.73 Å². The van der Waals surface area contributed by atoms with Crippen molar-refractivity contribution in [3.8, 4) is 10.6 Å². The van der Waals surface area contributed by atoms with Gasteiger partial charge in [-0.2, -0.15) is 18.2 Å². The van der Waals surface area contributed by atoms with Gasteiger partial charge in [0.2, 0.25) is 11.8 Å². The van der Waals surface area contributed by atoms with Gasteiger partial charge in [0.25, 0.3) is 0 Å². The molecule has 0 atom stereocenters. The number of aromatic nitrogens is 3. The maximum absolute atomic E-state index is 12.9. The summed E-state index contributed by atoms with van der Waals surface area (Å²) in [6, 6.07) is 11.8. The Morgan fingerprint density at radius 2 is 1.84 bits per heavy atom. The number of nitrogens with zero attached hydrogens (tertiary/aromatic N) is 3. The van der Waals surface area contributed by atoms with Gasteiger partial charge in [0, 0.05) is 22.9 Å². The van der Waals surface area contributed by atoms with Gasteiger partial charge < -0.3 is 10.3 Å². The van der Waals surface area contributed by atoms with E-state index in [2.05, 4.69) is 15.1 Å². The summed E-state index contributed by atoms with van der Waals surface area (Å²) in [5.41, 5.74) is 6.83. The lowest BCUT2D eigenvalue weighted by atomic mass is 10.1. The van der Waals surface area contributed by atoms with E-state index < -0.39 is 17.6 Å². The summed E-state index contributed by atoms with van der Waals surface area (Å²) >= 11 is 1.25. The van der Waals surface area contributed by atoms with Crippen LogP contribution in [0.25, 0.3) is 10.6 Å². The number of nitrogens with two attached hydrogens (primary N) is 1. The fourth-order valence-electron chi connectivity index (χ4n) is 2.91. The Balaban J connectivity index is 1.44. The van der Waals surface area contributed by atoms with E-state index in [-0.39, 0.29) is 6.42 Å². The van der Waals surface area contributed by atoms with Gasteiger partial charge in [-0.1, -0.05) is 29.4 Å². The largest absolute Gasteiger partial charge is 0.416 e. The molecule has 6 nitrogen and oxygen atoms in total. The molecule has 2 aromatic heterocycles. The van der Waals surface area contributed by atoms with Gasteiger partial charge in [-0.25, -0.2) is 4.98 Å². The van der Waals surface area contributed by atoms with Crippen molar-refractivity contribution in [1.82, 2.24) is 15.1 Å². The van der Waals surface area contributed by atoms with Gasteiger partial charge in [0.15, 0.2) is 5.82 Å². The predicted molar refractivity (Wildman–Crippen MR) is 107 cm³/mol. The Morgan fingerprint density at radius 3 is 2.55 bits per heavy atom. The van der Waals surface area contributed by atoms with Crippen molar-refractivity contribution in [2.75, 3.05) is 0 Å². The monoisotopic (exact) mass is 444 g/mol. The molecule has 0 spiro atoms. The Labute approximate surface area is 178 Å². The first-order chi connectivity index (χ1) is 14.8. The summed E-state index contributed by atoms with van der Waals surface area (Å²) in [4.78, 5) is 19.9. The summed E-state index contributed by atoms with van der Waals surface area (Å²) < 4.78 is 44.0. The minimum absolute atomic E-state index is 0.267. The van der Waals surface area contributed by atoms with Crippen molar-refractivity contribution < 1.29 is 22.5 Å². The lowest BCUT2D eigenvalue weighted by Gasteiger charge is -2.07. The SMILES string of the molecule is NC(=O)c1ccc(Cc2noc(Cc3csc(-c4cccc(C(F)(F)F)c4)n3)n2)cc1. The van der Waals surface area contributed by atoms with Gasteiger partial charge in [0.1, 0.15) is 5.01 Å². The highest BCUT2D eigenvalue weighted by Gasteiger charge is 2.30. The van der Waals surface area contributed by atoms with Crippen LogP contribution in [0.5, 0.6) is 0 Å². The number of thiazole rings is 1. The molecule has 2 heterocycles. The molecule has 4 aromatic rings. The fourth-order valence-corrected chi connectivity index (χ4v) is 3.72. The molecule has 0 bridgehead atoms. The first-order valence-electron chi connectivity index (χ1n) is 9.10. The second-order valence-electron chi connectivity index (χ2n) is 6.74. The first kappa shape index (κ1) is 20.7. The van der Waals surface area contributed by atoms with Crippen LogP contribution in [0.4, 0.5) is 13.2 Å². The van der Waals surface area contributed by atoms with Crippen molar-refractivity contribution in [2.45, 2.75) is 19.0 Å². The molecular formula is C21H15F3N4O2S. The smallest absolute Gasteiger partial charge is 0.366 e. The number of rotatable bonds is 6. The van der Waals surface area contributed by atoms with E-state index in [4.69, 9.17) is 10.3 Å². The topological polar surface area (TPSA) is 94.9 Å². The van der Waals surface area contributed by atoms with Crippen molar-refractivity contribution in [1.29, 1.82) is 0 Å². The summed E-state index contributed by atoms with van der Waals surface area (Å²) in [6.07, 6.45) is -3.73. The average Bonchev–Trinajstić information content (AvgIpc) is 3.38. The van der Waals surface area contributed by atoms with E-state index >= 15 is 0 Å². The maximum Gasteiger partial charge on any atom is 0.416 e. The molecule has 158 valence electrons. The van der Waals surface area contributed by atoms with Crippen LogP contribution in [0.1, 0.15) is 38.9 Å². The molecule has 0 aliphatic rings. The Bertz CT molecular complexity index is 1220. The average molecular weight is 444 g/mol. The number of hydrogen-bond donors (Lipinski definition) is 1. The number of hydrogen-bond acceptors (Lipinski definition) is 6. The molecule has 0 aliphatic heterocycles. The van der Waals surface area contributed by atoms with Crippen LogP contribution in [-0.4, -0.2) is 21.0 Å². The highest BCUT2D eigenvalue weighted by atomic mass is 32.1. The van der Waals surface area contributed by atoms with E-state index in [1.54, 1.807) is 35.7 Å². The number of amides is 1. The summed E-state index contributed by atoms with van der Waals surface area (Å²) in [5, 5.41) is 6.18. The lowest BCUT2D eigenvalue weighted by Crippen LogP contribution is -2.10. The number of carbonyl (C=O) groups excluding carboxylic acids is 1. The van der Waals surface area contributed by atoms with Crippen LogP contribution in [0, 0.1) is 0 Å². The zero-order chi connectivity index (χ0) is 22.0. The predicted octanol–water partition coefficient (Wildman–Crippen LogP) is 4.49. The fraction of sp³-hybridized carbons (Fsp3) is 0.143. The lowest BCUT2D eigenvalue weighted by molar-refractivity contribution is -0.137. The van der Waals surface area contributed by atoms with E-state index in [1.807, 2.05) is 0 Å². The van der Waals surface area contributed by atoms with E-state index in [0.29, 0.717) is 40.0 Å². The third kappa shape index (κ3) is 4.97. The normalized spacial score (nSPS) is 11.6. The highest BCUT2D eigenvalue weighted by molar-refractivity contribution is 7.13. The third-order valence-corrected chi connectivity index (χ3v) is 5.37. The van der Waals surface area contributed by atoms with Crippen LogP contribution >= 0.6 is 11.3 Å². The van der Waals surface area contributed by atoms with Gasteiger partial charge in [-0.3, -0.25) is 4.79 Å². The molecule has 0 saturated carbocycles. The summed E-state index contributed by atoms with van der Waals surface area (Å²) in [6.45, 7) is 0. The molecule has 2 aromatic carbocycles. The van der Waals surface area contributed by atoms with Crippen LogP contribution in [-0.2, 0) is 19.0 Å². The molecular weight excluding hydrogens is 429 g/mol. The van der Waals surface area contributed by atoms with Crippen LogP contribution in [0.15, 0.2) is 58.4 Å². The van der Waals surface area contributed by atoms with Gasteiger partial charge >= 0.3 is 6.18 Å². The summed E-state index contributed by atoms with van der Waals surface area (Å²) in [5.74, 6) is 0.320. The Morgan fingerprint density at radius 1 is 1.06 bits per heavy atom. The van der Waals surface area contributed by atoms with E-state index in [1.165, 1.54) is 17.4 Å².